The highest BCUT2D eigenvalue weighted by Gasteiger charge is 2.33. The van der Waals surface area contributed by atoms with E-state index in [9.17, 15) is 5.11 Å². The zero-order chi connectivity index (χ0) is 9.99. The zero-order valence-electron chi connectivity index (χ0n) is 9.14. The molecule has 0 aromatic rings. The van der Waals surface area contributed by atoms with E-state index < -0.39 is 6.10 Å². The molecule has 0 aliphatic carbocycles. The lowest BCUT2D eigenvalue weighted by Crippen LogP contribution is -3.00. The van der Waals surface area contributed by atoms with Crippen molar-refractivity contribution in [1.29, 1.82) is 0 Å². The summed E-state index contributed by atoms with van der Waals surface area (Å²) in [5, 5.41) is 9.41. The molecule has 0 aromatic carbocycles. The SMILES string of the molecule is CC(C)(C)[N+](C)(C)CC(O)CCl.[Cl-]. The molecule has 82 valence electrons. The number of alkyl halides is 1. The summed E-state index contributed by atoms with van der Waals surface area (Å²) in [5.74, 6) is 0.317. The highest BCUT2D eigenvalue weighted by atomic mass is 35.5. The van der Waals surface area contributed by atoms with Crippen LogP contribution in [0.5, 0.6) is 0 Å². The average molecular weight is 230 g/mol. The number of hydrogen-bond acceptors (Lipinski definition) is 1. The van der Waals surface area contributed by atoms with Gasteiger partial charge in [-0.25, -0.2) is 0 Å². The van der Waals surface area contributed by atoms with Gasteiger partial charge in [0.15, 0.2) is 0 Å². The molecule has 0 amide bonds. The maximum atomic E-state index is 9.41. The maximum Gasteiger partial charge on any atom is 0.116 e. The molecule has 0 fully saturated rings. The first-order valence-corrected chi connectivity index (χ1v) is 4.81. The van der Waals surface area contributed by atoms with Gasteiger partial charge in [-0.3, -0.25) is 0 Å². The summed E-state index contributed by atoms with van der Waals surface area (Å²) in [6.45, 7) is 7.18. The van der Waals surface area contributed by atoms with Gasteiger partial charge in [0.1, 0.15) is 12.6 Å². The molecular weight excluding hydrogens is 209 g/mol. The van der Waals surface area contributed by atoms with Crippen molar-refractivity contribution in [2.45, 2.75) is 32.4 Å². The molecule has 0 saturated heterocycles. The van der Waals surface area contributed by atoms with Gasteiger partial charge in [0.2, 0.25) is 0 Å². The molecule has 1 atom stereocenters. The smallest absolute Gasteiger partial charge is 0.116 e. The number of quaternary nitrogens is 1. The summed E-state index contributed by atoms with van der Waals surface area (Å²) in [5.41, 5.74) is 0.146. The Bertz CT molecular complexity index is 143. The summed E-state index contributed by atoms with van der Waals surface area (Å²) in [7, 11) is 4.21. The Hall–Kier alpha value is 0.500. The zero-order valence-corrected chi connectivity index (χ0v) is 10.7. The molecule has 1 N–H and O–H groups in total. The van der Waals surface area contributed by atoms with Crippen molar-refractivity contribution < 1.29 is 22.0 Å². The predicted molar refractivity (Wildman–Crippen MR) is 53.5 cm³/mol. The van der Waals surface area contributed by atoms with Crippen LogP contribution in [0.15, 0.2) is 0 Å². The van der Waals surface area contributed by atoms with Gasteiger partial charge < -0.3 is 22.0 Å². The normalized spacial score (nSPS) is 15.0. The quantitative estimate of drug-likeness (QED) is 0.460. The molecule has 0 rings (SSSR count). The van der Waals surface area contributed by atoms with E-state index in [4.69, 9.17) is 11.6 Å². The maximum absolute atomic E-state index is 9.41. The second kappa shape index (κ2) is 5.40. The second-order valence-electron chi connectivity index (χ2n) is 4.85. The van der Waals surface area contributed by atoms with Gasteiger partial charge in [-0.05, 0) is 20.8 Å². The number of aliphatic hydroxyl groups excluding tert-OH is 1. The van der Waals surface area contributed by atoms with E-state index in [1.165, 1.54) is 0 Å². The van der Waals surface area contributed by atoms with Crippen molar-refractivity contribution in [3.05, 3.63) is 0 Å². The molecule has 1 unspecified atom stereocenters. The fourth-order valence-electron chi connectivity index (χ4n) is 0.850. The van der Waals surface area contributed by atoms with Gasteiger partial charge in [0.05, 0.1) is 25.5 Å². The van der Waals surface area contributed by atoms with E-state index in [-0.39, 0.29) is 17.9 Å². The first kappa shape index (κ1) is 15.9. The van der Waals surface area contributed by atoms with Crippen molar-refractivity contribution in [3.63, 3.8) is 0 Å². The van der Waals surface area contributed by atoms with E-state index in [1.807, 2.05) is 0 Å². The molecule has 4 heteroatoms. The summed E-state index contributed by atoms with van der Waals surface area (Å²) < 4.78 is 0.779. The van der Waals surface area contributed by atoms with Crippen LogP contribution in [0, 0.1) is 0 Å². The summed E-state index contributed by atoms with van der Waals surface area (Å²) in [6.07, 6.45) is -0.402. The predicted octanol–water partition coefficient (Wildman–Crippen LogP) is -1.53. The van der Waals surface area contributed by atoms with Crippen LogP contribution in [0.1, 0.15) is 20.8 Å². The minimum Gasteiger partial charge on any atom is -1.00 e. The van der Waals surface area contributed by atoms with Crippen LogP contribution in [-0.4, -0.2) is 47.8 Å². The topological polar surface area (TPSA) is 20.2 Å². The van der Waals surface area contributed by atoms with E-state index in [0.717, 1.165) is 4.48 Å². The van der Waals surface area contributed by atoms with Crippen LogP contribution in [0.4, 0.5) is 0 Å². The lowest BCUT2D eigenvalue weighted by molar-refractivity contribution is -0.938. The largest absolute Gasteiger partial charge is 1.00 e. The van der Waals surface area contributed by atoms with Crippen molar-refractivity contribution in [1.82, 2.24) is 0 Å². The molecule has 2 nitrogen and oxygen atoms in total. The number of nitrogens with zero attached hydrogens (tertiary/aromatic N) is 1. The Labute approximate surface area is 92.9 Å². The van der Waals surface area contributed by atoms with E-state index in [1.54, 1.807) is 0 Å². The van der Waals surface area contributed by atoms with Crippen LogP contribution < -0.4 is 12.4 Å². The number of likely N-dealkylation sites (N-methyl/N-ethyl adjacent to an activating group) is 1. The lowest BCUT2D eigenvalue weighted by atomic mass is 10.0. The first-order chi connectivity index (χ1) is 5.20. The Balaban J connectivity index is 0. The minimum atomic E-state index is -0.402. The van der Waals surface area contributed by atoms with Crippen LogP contribution in [0.25, 0.3) is 0 Å². The summed E-state index contributed by atoms with van der Waals surface area (Å²) >= 11 is 5.55. The summed E-state index contributed by atoms with van der Waals surface area (Å²) in [6, 6.07) is 0. The Kier molecular flexibility index (Phi) is 6.62. The van der Waals surface area contributed by atoms with Gasteiger partial charge in [-0.1, -0.05) is 0 Å². The minimum absolute atomic E-state index is 0. The second-order valence-corrected chi connectivity index (χ2v) is 5.16. The Morgan fingerprint density at radius 3 is 1.92 bits per heavy atom. The third kappa shape index (κ3) is 5.06. The number of halogens is 2. The van der Waals surface area contributed by atoms with Crippen LogP contribution >= 0.6 is 11.6 Å². The number of rotatable bonds is 3. The van der Waals surface area contributed by atoms with Gasteiger partial charge in [0.25, 0.3) is 0 Å². The van der Waals surface area contributed by atoms with Crippen molar-refractivity contribution in [2.75, 3.05) is 26.5 Å². The van der Waals surface area contributed by atoms with Crippen molar-refractivity contribution in [3.8, 4) is 0 Å². The molecule has 0 aliphatic rings. The molecule has 0 aliphatic heterocycles. The lowest BCUT2D eigenvalue weighted by Gasteiger charge is -2.43. The van der Waals surface area contributed by atoms with Gasteiger partial charge >= 0.3 is 0 Å². The van der Waals surface area contributed by atoms with Crippen LogP contribution in [-0.2, 0) is 0 Å². The van der Waals surface area contributed by atoms with Gasteiger partial charge in [-0.15, -0.1) is 11.6 Å². The Morgan fingerprint density at radius 2 is 1.69 bits per heavy atom. The summed E-state index contributed by atoms with van der Waals surface area (Å²) in [4.78, 5) is 0. The molecule has 0 radical (unpaired) electrons. The molecule has 0 aromatic heterocycles. The fraction of sp³-hybridized carbons (Fsp3) is 1.00. The third-order valence-electron chi connectivity index (χ3n) is 2.66. The first-order valence-electron chi connectivity index (χ1n) is 4.28. The van der Waals surface area contributed by atoms with Crippen LogP contribution in [0.3, 0.4) is 0 Å². The van der Waals surface area contributed by atoms with E-state index in [2.05, 4.69) is 34.9 Å². The highest BCUT2D eigenvalue weighted by molar-refractivity contribution is 6.18. The molecule has 13 heavy (non-hydrogen) atoms. The molecule has 0 heterocycles. The van der Waals surface area contributed by atoms with Crippen LogP contribution in [0.2, 0.25) is 0 Å². The molecule has 0 spiro atoms. The Morgan fingerprint density at radius 1 is 1.31 bits per heavy atom. The number of hydrogen-bond donors (Lipinski definition) is 1. The highest BCUT2D eigenvalue weighted by Crippen LogP contribution is 2.19. The average Bonchev–Trinajstić information content (AvgIpc) is 1.84. The van der Waals surface area contributed by atoms with Crippen molar-refractivity contribution >= 4 is 11.6 Å². The number of aliphatic hydroxyl groups is 1. The third-order valence-corrected chi connectivity index (χ3v) is 3.02. The van der Waals surface area contributed by atoms with E-state index >= 15 is 0 Å². The standard InChI is InChI=1S/C9H21ClNO.ClH/c1-9(2,3)11(4,5)7-8(12)6-10;/h8,12H,6-7H2,1-5H3;1H/q+1;/p-1. The fourth-order valence-corrected chi connectivity index (χ4v) is 0.947. The van der Waals surface area contributed by atoms with Gasteiger partial charge in [0, 0.05) is 0 Å². The molecular formula is C9H21Cl2NO. The van der Waals surface area contributed by atoms with Crippen molar-refractivity contribution in [2.24, 2.45) is 0 Å². The monoisotopic (exact) mass is 229 g/mol. The molecule has 0 bridgehead atoms. The van der Waals surface area contributed by atoms with E-state index in [0.29, 0.717) is 12.4 Å². The van der Waals surface area contributed by atoms with Gasteiger partial charge in [-0.2, -0.15) is 0 Å². The molecule has 0 saturated carbocycles.